The maximum atomic E-state index is 11.9. The highest BCUT2D eigenvalue weighted by molar-refractivity contribution is 5.80. The number of likely N-dealkylation sites (tertiary alicyclic amines) is 1. The van der Waals surface area contributed by atoms with E-state index in [1.54, 1.807) is 6.92 Å². The second kappa shape index (κ2) is 3.84. The highest BCUT2D eigenvalue weighted by Crippen LogP contribution is 2.15. The van der Waals surface area contributed by atoms with Crippen LogP contribution in [0.5, 0.6) is 0 Å². The average molecular weight is 210 g/mol. The normalized spacial score (nSPS) is 18.1. The molecule has 0 radical (unpaired) electrons. The van der Waals surface area contributed by atoms with Gasteiger partial charge in [0.25, 0.3) is 0 Å². The van der Waals surface area contributed by atoms with Crippen molar-refractivity contribution in [1.82, 2.24) is 25.1 Å². The molecule has 2 heterocycles. The topological polar surface area (TPSA) is 89.9 Å². The summed E-state index contributed by atoms with van der Waals surface area (Å²) in [5.74, 6) is 0.210. The van der Waals surface area contributed by atoms with Crippen molar-refractivity contribution < 1.29 is 4.79 Å². The number of tetrazole rings is 1. The summed E-state index contributed by atoms with van der Waals surface area (Å²) in [4.78, 5) is 13.8. The van der Waals surface area contributed by atoms with E-state index in [-0.39, 0.29) is 11.9 Å². The molecule has 1 aliphatic rings. The van der Waals surface area contributed by atoms with Gasteiger partial charge in [0.15, 0.2) is 0 Å². The first-order chi connectivity index (χ1) is 7.20. The summed E-state index contributed by atoms with van der Waals surface area (Å²) >= 11 is 0. The Balaban J connectivity index is 2.10. The van der Waals surface area contributed by atoms with Crippen LogP contribution in [0.4, 0.5) is 5.95 Å². The van der Waals surface area contributed by atoms with E-state index >= 15 is 0 Å². The van der Waals surface area contributed by atoms with E-state index in [9.17, 15) is 4.79 Å². The Morgan fingerprint density at radius 3 is 2.67 bits per heavy atom. The molecule has 1 fully saturated rings. The molecule has 2 N–H and O–H groups in total. The zero-order chi connectivity index (χ0) is 10.8. The highest BCUT2D eigenvalue weighted by Gasteiger charge is 2.26. The first-order valence-corrected chi connectivity index (χ1v) is 5.02. The third kappa shape index (κ3) is 1.77. The number of rotatable bonds is 2. The van der Waals surface area contributed by atoms with Crippen molar-refractivity contribution in [3.63, 3.8) is 0 Å². The number of amides is 1. The van der Waals surface area contributed by atoms with Gasteiger partial charge in [-0.3, -0.25) is 4.79 Å². The fraction of sp³-hybridized carbons (Fsp3) is 0.750. The van der Waals surface area contributed by atoms with E-state index in [0.29, 0.717) is 0 Å². The van der Waals surface area contributed by atoms with Gasteiger partial charge in [0.1, 0.15) is 6.04 Å². The van der Waals surface area contributed by atoms with Crippen LogP contribution in [0.25, 0.3) is 0 Å². The summed E-state index contributed by atoms with van der Waals surface area (Å²) in [6.45, 7) is 3.41. The molecule has 1 aromatic rings. The van der Waals surface area contributed by atoms with Gasteiger partial charge in [-0.2, -0.15) is 4.68 Å². The van der Waals surface area contributed by atoms with Gasteiger partial charge in [0.05, 0.1) is 0 Å². The second-order valence-corrected chi connectivity index (χ2v) is 3.69. The van der Waals surface area contributed by atoms with Crippen LogP contribution in [0.2, 0.25) is 0 Å². The number of carbonyl (C=O) groups is 1. The smallest absolute Gasteiger partial charge is 0.247 e. The molecule has 1 aromatic heterocycles. The predicted octanol–water partition coefficient (Wildman–Crippen LogP) is -0.561. The number of nitrogens with two attached hydrogens (primary N) is 1. The molecule has 1 amide bonds. The van der Waals surface area contributed by atoms with E-state index in [1.165, 1.54) is 4.68 Å². The van der Waals surface area contributed by atoms with E-state index in [1.807, 2.05) is 4.90 Å². The summed E-state index contributed by atoms with van der Waals surface area (Å²) in [6.07, 6.45) is 2.15. The summed E-state index contributed by atoms with van der Waals surface area (Å²) in [5, 5.41) is 10.7. The molecule has 15 heavy (non-hydrogen) atoms. The molecule has 7 nitrogen and oxygen atoms in total. The molecule has 0 aliphatic carbocycles. The van der Waals surface area contributed by atoms with Gasteiger partial charge in [-0.15, -0.1) is 0 Å². The van der Waals surface area contributed by atoms with E-state index in [0.717, 1.165) is 25.9 Å². The molecular weight excluding hydrogens is 196 g/mol. The van der Waals surface area contributed by atoms with Crippen molar-refractivity contribution >= 4 is 11.9 Å². The summed E-state index contributed by atoms with van der Waals surface area (Å²) in [5.41, 5.74) is 5.53. The molecule has 0 spiro atoms. The lowest BCUT2D eigenvalue weighted by atomic mass is 10.3. The zero-order valence-electron chi connectivity index (χ0n) is 8.63. The Labute approximate surface area is 87.2 Å². The lowest BCUT2D eigenvalue weighted by Gasteiger charge is -2.19. The average Bonchev–Trinajstić information content (AvgIpc) is 2.85. The number of carbonyl (C=O) groups excluding carboxylic acids is 1. The van der Waals surface area contributed by atoms with Gasteiger partial charge in [-0.25, -0.2) is 0 Å². The van der Waals surface area contributed by atoms with E-state index < -0.39 is 6.04 Å². The lowest BCUT2D eigenvalue weighted by Crippen LogP contribution is -2.34. The van der Waals surface area contributed by atoms with Crippen LogP contribution in [-0.4, -0.2) is 44.1 Å². The van der Waals surface area contributed by atoms with Crippen molar-refractivity contribution in [2.75, 3.05) is 18.8 Å². The van der Waals surface area contributed by atoms with Gasteiger partial charge in [-0.1, -0.05) is 5.10 Å². The number of hydrogen-bond donors (Lipinski definition) is 1. The molecule has 1 unspecified atom stereocenters. The molecular formula is C8H14N6O. The van der Waals surface area contributed by atoms with Crippen LogP contribution in [0.3, 0.4) is 0 Å². The van der Waals surface area contributed by atoms with Crippen LogP contribution in [0.15, 0.2) is 0 Å². The fourth-order valence-corrected chi connectivity index (χ4v) is 1.78. The molecule has 0 saturated carbocycles. The molecule has 1 saturated heterocycles. The van der Waals surface area contributed by atoms with Gasteiger partial charge in [-0.05, 0) is 30.2 Å². The number of nitrogen functional groups attached to an aromatic ring is 1. The van der Waals surface area contributed by atoms with Crippen molar-refractivity contribution in [2.24, 2.45) is 0 Å². The molecule has 0 bridgehead atoms. The maximum Gasteiger partial charge on any atom is 0.247 e. The maximum absolute atomic E-state index is 11.9. The summed E-state index contributed by atoms with van der Waals surface area (Å²) in [6, 6.07) is -0.418. The largest absolute Gasteiger partial charge is 0.367 e. The molecule has 1 atom stereocenters. The third-order valence-corrected chi connectivity index (χ3v) is 2.66. The van der Waals surface area contributed by atoms with Crippen molar-refractivity contribution in [3.05, 3.63) is 0 Å². The lowest BCUT2D eigenvalue weighted by molar-refractivity contribution is -0.133. The predicted molar refractivity (Wildman–Crippen MR) is 52.8 cm³/mol. The molecule has 82 valence electrons. The summed E-state index contributed by atoms with van der Waals surface area (Å²) in [7, 11) is 0. The summed E-state index contributed by atoms with van der Waals surface area (Å²) < 4.78 is 1.35. The van der Waals surface area contributed by atoms with Gasteiger partial charge < -0.3 is 10.6 Å². The van der Waals surface area contributed by atoms with Crippen LogP contribution >= 0.6 is 0 Å². The Morgan fingerprint density at radius 1 is 1.47 bits per heavy atom. The monoisotopic (exact) mass is 210 g/mol. The van der Waals surface area contributed by atoms with Gasteiger partial charge >= 0.3 is 0 Å². The first-order valence-electron chi connectivity index (χ1n) is 5.02. The van der Waals surface area contributed by atoms with Gasteiger partial charge in [0.2, 0.25) is 11.9 Å². The van der Waals surface area contributed by atoms with Crippen LogP contribution in [0.1, 0.15) is 25.8 Å². The Morgan fingerprint density at radius 2 is 2.13 bits per heavy atom. The van der Waals surface area contributed by atoms with Crippen LogP contribution in [0, 0.1) is 0 Å². The quantitative estimate of drug-likeness (QED) is 0.706. The van der Waals surface area contributed by atoms with E-state index in [2.05, 4.69) is 15.5 Å². The minimum Gasteiger partial charge on any atom is -0.367 e. The number of aromatic nitrogens is 4. The number of anilines is 1. The van der Waals surface area contributed by atoms with Crippen molar-refractivity contribution in [2.45, 2.75) is 25.8 Å². The first kappa shape index (κ1) is 9.88. The fourth-order valence-electron chi connectivity index (χ4n) is 1.78. The minimum absolute atomic E-state index is 0.0338. The number of hydrogen-bond acceptors (Lipinski definition) is 5. The molecule has 7 heteroatoms. The SMILES string of the molecule is CC(C(=O)N1CCCC1)n1nnnc1N. The molecule has 1 aliphatic heterocycles. The third-order valence-electron chi connectivity index (χ3n) is 2.66. The van der Waals surface area contributed by atoms with Crippen molar-refractivity contribution in [1.29, 1.82) is 0 Å². The van der Waals surface area contributed by atoms with Crippen molar-refractivity contribution in [3.8, 4) is 0 Å². The standard InChI is InChI=1S/C8H14N6O/c1-6(14-8(9)10-11-12-14)7(15)13-4-2-3-5-13/h6H,2-5H2,1H3,(H2,9,10,12). The zero-order valence-corrected chi connectivity index (χ0v) is 8.63. The van der Waals surface area contributed by atoms with E-state index in [4.69, 9.17) is 5.73 Å². The van der Waals surface area contributed by atoms with Gasteiger partial charge in [0, 0.05) is 13.1 Å². The number of nitrogens with zero attached hydrogens (tertiary/aromatic N) is 5. The second-order valence-electron chi connectivity index (χ2n) is 3.69. The van der Waals surface area contributed by atoms with Crippen LogP contribution in [-0.2, 0) is 4.79 Å². The minimum atomic E-state index is -0.418. The molecule has 2 rings (SSSR count). The Hall–Kier alpha value is -1.66. The Kier molecular flexibility index (Phi) is 2.53. The molecule has 0 aromatic carbocycles. The van der Waals surface area contributed by atoms with Crippen LogP contribution < -0.4 is 5.73 Å². The Bertz CT molecular complexity index is 356. The highest BCUT2D eigenvalue weighted by atomic mass is 16.2.